The number of nitrogens with zero attached hydrogens (tertiary/aromatic N) is 1. The van der Waals surface area contributed by atoms with Gasteiger partial charge in [-0.25, -0.2) is 0 Å². The summed E-state index contributed by atoms with van der Waals surface area (Å²) >= 11 is 0. The molecule has 0 saturated carbocycles. The van der Waals surface area contributed by atoms with Gasteiger partial charge in [-0.15, -0.1) is 0 Å². The highest BCUT2D eigenvalue weighted by Crippen LogP contribution is 2.18. The van der Waals surface area contributed by atoms with Crippen molar-refractivity contribution < 1.29 is 4.74 Å². The zero-order valence-corrected chi connectivity index (χ0v) is 10.7. The molecule has 0 N–H and O–H groups in total. The van der Waals surface area contributed by atoms with Gasteiger partial charge < -0.3 is 9.64 Å². The zero-order chi connectivity index (χ0) is 11.9. The molecule has 0 atom stereocenters. The molecule has 17 heavy (non-hydrogen) atoms. The molecule has 0 bridgehead atoms. The molecular weight excluding hydrogens is 210 g/mol. The quantitative estimate of drug-likeness (QED) is 0.723. The monoisotopic (exact) mass is 232 g/mol. The zero-order valence-electron chi connectivity index (χ0n) is 10.7. The number of unbranched alkanes of at least 4 members (excludes halogenated alkanes) is 2. The molecule has 0 amide bonds. The van der Waals surface area contributed by atoms with Crippen LogP contribution in [-0.4, -0.2) is 26.3 Å². The first-order valence-corrected chi connectivity index (χ1v) is 6.73. The van der Waals surface area contributed by atoms with Gasteiger partial charge >= 0.3 is 0 Å². The fraction of sp³-hybridized carbons (Fsp3) is 0.600. The second-order valence-corrected chi connectivity index (χ2v) is 4.63. The number of hydrogen-bond donors (Lipinski definition) is 0. The number of ether oxygens (including phenoxy) is 1. The van der Waals surface area contributed by atoms with Crippen molar-refractivity contribution in [2.45, 2.75) is 32.6 Å². The first-order valence-electron chi connectivity index (χ1n) is 6.73. The Morgan fingerprint density at radius 2 is 2.12 bits per heavy atom. The molecule has 1 radical (unpaired) electrons. The van der Waals surface area contributed by atoms with Gasteiger partial charge in [0.05, 0.1) is 13.2 Å². The molecule has 0 aromatic heterocycles. The second-order valence-electron chi connectivity index (χ2n) is 4.63. The van der Waals surface area contributed by atoms with Crippen molar-refractivity contribution in [2.24, 2.45) is 0 Å². The van der Waals surface area contributed by atoms with Crippen LogP contribution in [0.3, 0.4) is 0 Å². The van der Waals surface area contributed by atoms with Gasteiger partial charge in [0.25, 0.3) is 0 Å². The highest BCUT2D eigenvalue weighted by Gasteiger charge is 2.11. The maximum absolute atomic E-state index is 5.38. The lowest BCUT2D eigenvalue weighted by Crippen LogP contribution is -2.36. The maximum atomic E-state index is 5.38. The molecule has 1 saturated heterocycles. The van der Waals surface area contributed by atoms with Crippen LogP contribution in [0.5, 0.6) is 0 Å². The van der Waals surface area contributed by atoms with Gasteiger partial charge in [-0.3, -0.25) is 0 Å². The van der Waals surface area contributed by atoms with Crippen molar-refractivity contribution >= 4 is 5.69 Å². The van der Waals surface area contributed by atoms with Crippen molar-refractivity contribution in [3.63, 3.8) is 0 Å². The smallest absolute Gasteiger partial charge is 0.0642 e. The van der Waals surface area contributed by atoms with E-state index in [1.807, 2.05) is 0 Å². The Bertz CT molecular complexity index is 331. The van der Waals surface area contributed by atoms with E-state index in [9.17, 15) is 0 Å². The minimum Gasteiger partial charge on any atom is -0.378 e. The van der Waals surface area contributed by atoms with E-state index in [4.69, 9.17) is 4.74 Å². The molecule has 1 aliphatic heterocycles. The Balaban J connectivity index is 1.95. The van der Waals surface area contributed by atoms with Gasteiger partial charge in [-0.1, -0.05) is 25.8 Å². The Hall–Kier alpha value is -1.02. The van der Waals surface area contributed by atoms with Gasteiger partial charge in [-0.05, 0) is 36.6 Å². The predicted octanol–water partition coefficient (Wildman–Crippen LogP) is 3.06. The minimum atomic E-state index is 0.851. The molecule has 2 heteroatoms. The minimum absolute atomic E-state index is 0.851. The number of hydrogen-bond acceptors (Lipinski definition) is 2. The summed E-state index contributed by atoms with van der Waals surface area (Å²) in [5.74, 6) is 0. The van der Waals surface area contributed by atoms with Crippen LogP contribution in [0, 0.1) is 6.07 Å². The lowest BCUT2D eigenvalue weighted by Gasteiger charge is -2.29. The Morgan fingerprint density at radius 1 is 1.29 bits per heavy atom. The number of rotatable bonds is 5. The summed E-state index contributed by atoms with van der Waals surface area (Å²) in [7, 11) is 0. The van der Waals surface area contributed by atoms with Crippen LogP contribution in [0.1, 0.15) is 31.7 Å². The number of benzene rings is 1. The SMILES string of the molecule is CCCCCc1[c]ccc(N2CCOCC2)c1. The number of morpholine rings is 1. The topological polar surface area (TPSA) is 12.5 Å². The molecule has 1 aromatic rings. The molecule has 2 rings (SSSR count). The Labute approximate surface area is 105 Å². The molecule has 0 unspecified atom stereocenters. The average molecular weight is 232 g/mol. The van der Waals surface area contributed by atoms with Gasteiger partial charge in [0.1, 0.15) is 0 Å². The van der Waals surface area contributed by atoms with Crippen molar-refractivity contribution in [1.29, 1.82) is 0 Å². The lowest BCUT2D eigenvalue weighted by atomic mass is 10.1. The van der Waals surface area contributed by atoms with Crippen LogP contribution in [0.15, 0.2) is 18.2 Å². The Kier molecular flexibility index (Phi) is 4.87. The van der Waals surface area contributed by atoms with Crippen molar-refractivity contribution in [1.82, 2.24) is 0 Å². The van der Waals surface area contributed by atoms with Gasteiger partial charge in [0, 0.05) is 18.8 Å². The highest BCUT2D eigenvalue weighted by molar-refractivity contribution is 5.48. The molecular formula is C15H22NO. The van der Waals surface area contributed by atoms with Gasteiger partial charge in [-0.2, -0.15) is 0 Å². The largest absolute Gasteiger partial charge is 0.378 e. The first kappa shape index (κ1) is 12.4. The summed E-state index contributed by atoms with van der Waals surface area (Å²) in [6.07, 6.45) is 5.03. The summed E-state index contributed by atoms with van der Waals surface area (Å²) in [5.41, 5.74) is 2.68. The third-order valence-corrected chi connectivity index (χ3v) is 3.27. The molecule has 0 spiro atoms. The van der Waals surface area contributed by atoms with E-state index in [2.05, 4.69) is 36.1 Å². The standard InChI is InChI=1S/C15H22NO/c1-2-3-4-6-14-7-5-8-15(13-14)16-9-11-17-12-10-16/h5,8,13H,2-4,6,9-12H2,1H3. The fourth-order valence-electron chi connectivity index (χ4n) is 2.23. The first-order chi connectivity index (χ1) is 8.40. The van der Waals surface area contributed by atoms with Crippen molar-refractivity contribution in [2.75, 3.05) is 31.2 Å². The van der Waals surface area contributed by atoms with E-state index >= 15 is 0 Å². The average Bonchev–Trinajstić information content (AvgIpc) is 2.41. The summed E-state index contributed by atoms with van der Waals surface area (Å²) in [6.45, 7) is 5.97. The predicted molar refractivity (Wildman–Crippen MR) is 71.5 cm³/mol. The normalized spacial score (nSPS) is 16.2. The van der Waals surface area contributed by atoms with Crippen molar-refractivity contribution in [3.05, 3.63) is 29.8 Å². The molecule has 1 heterocycles. The second kappa shape index (κ2) is 6.65. The van der Waals surface area contributed by atoms with Crippen LogP contribution >= 0.6 is 0 Å². The van der Waals surface area contributed by atoms with E-state index < -0.39 is 0 Å². The maximum Gasteiger partial charge on any atom is 0.0642 e. The van der Waals surface area contributed by atoms with E-state index in [1.54, 1.807) is 0 Å². The van der Waals surface area contributed by atoms with Crippen LogP contribution in [0.25, 0.3) is 0 Å². The van der Waals surface area contributed by atoms with Crippen LogP contribution in [0.2, 0.25) is 0 Å². The van der Waals surface area contributed by atoms with E-state index in [1.165, 1.54) is 30.5 Å². The number of aryl methyl sites for hydroxylation is 1. The molecule has 2 nitrogen and oxygen atoms in total. The van der Waals surface area contributed by atoms with Crippen LogP contribution in [-0.2, 0) is 11.2 Å². The van der Waals surface area contributed by atoms with Gasteiger partial charge in [0.2, 0.25) is 0 Å². The van der Waals surface area contributed by atoms with Gasteiger partial charge in [0.15, 0.2) is 0 Å². The molecule has 1 aliphatic rings. The molecule has 0 aliphatic carbocycles. The number of anilines is 1. The molecule has 93 valence electrons. The summed E-state index contributed by atoms with van der Waals surface area (Å²) in [6, 6.07) is 9.86. The van der Waals surface area contributed by atoms with Crippen LogP contribution < -0.4 is 4.90 Å². The van der Waals surface area contributed by atoms with E-state index in [-0.39, 0.29) is 0 Å². The third-order valence-electron chi connectivity index (χ3n) is 3.27. The molecule has 1 aromatic carbocycles. The lowest BCUT2D eigenvalue weighted by molar-refractivity contribution is 0.122. The van der Waals surface area contributed by atoms with E-state index in [0.29, 0.717) is 0 Å². The third kappa shape index (κ3) is 3.74. The Morgan fingerprint density at radius 3 is 2.88 bits per heavy atom. The van der Waals surface area contributed by atoms with Crippen LogP contribution in [0.4, 0.5) is 5.69 Å². The van der Waals surface area contributed by atoms with Crippen molar-refractivity contribution in [3.8, 4) is 0 Å². The van der Waals surface area contributed by atoms with E-state index in [0.717, 1.165) is 32.7 Å². The summed E-state index contributed by atoms with van der Waals surface area (Å²) < 4.78 is 5.38. The fourth-order valence-corrected chi connectivity index (χ4v) is 2.23. The molecule has 1 fully saturated rings. The summed E-state index contributed by atoms with van der Waals surface area (Å²) in [5, 5.41) is 0. The summed E-state index contributed by atoms with van der Waals surface area (Å²) in [4.78, 5) is 2.40. The highest BCUT2D eigenvalue weighted by atomic mass is 16.5.